The van der Waals surface area contributed by atoms with E-state index in [1.54, 1.807) is 18.7 Å². The quantitative estimate of drug-likeness (QED) is 0.713. The minimum Gasteiger partial charge on any atom is -0.493 e. The Morgan fingerprint density at radius 1 is 1.11 bits per heavy atom. The Kier molecular flexibility index (Phi) is 5.37. The number of rotatable bonds is 6. The van der Waals surface area contributed by atoms with E-state index >= 15 is 0 Å². The molecule has 4 rings (SSSR count). The van der Waals surface area contributed by atoms with Crippen LogP contribution in [-0.2, 0) is 6.54 Å². The van der Waals surface area contributed by atoms with Crippen molar-refractivity contribution in [2.45, 2.75) is 38.6 Å². The van der Waals surface area contributed by atoms with Gasteiger partial charge in [0.2, 0.25) is 0 Å². The Morgan fingerprint density at radius 2 is 1.93 bits per heavy atom. The highest BCUT2D eigenvalue weighted by Crippen LogP contribution is 2.24. The zero-order chi connectivity index (χ0) is 18.5. The van der Waals surface area contributed by atoms with Gasteiger partial charge in [0.25, 0.3) is 5.91 Å². The van der Waals surface area contributed by atoms with Crippen LogP contribution in [0.5, 0.6) is 5.75 Å². The topological polar surface area (TPSA) is 55.6 Å². The van der Waals surface area contributed by atoms with Crippen LogP contribution < -0.4 is 10.1 Å². The normalized spacial score (nSPS) is 15.0. The molecule has 0 radical (unpaired) electrons. The number of hydrogen-bond acceptors (Lipinski definition) is 3. The number of fused-ring (bicyclic) bond motifs is 1. The second-order valence-corrected chi connectivity index (χ2v) is 7.29. The summed E-state index contributed by atoms with van der Waals surface area (Å²) in [5, 5.41) is 2.96. The van der Waals surface area contributed by atoms with Crippen molar-refractivity contribution in [1.82, 2.24) is 14.7 Å². The molecule has 1 aromatic carbocycles. The molecule has 3 aromatic rings. The third kappa shape index (κ3) is 4.48. The van der Waals surface area contributed by atoms with E-state index < -0.39 is 0 Å². The third-order valence-corrected chi connectivity index (χ3v) is 5.26. The van der Waals surface area contributed by atoms with Crippen molar-refractivity contribution < 1.29 is 9.53 Å². The Morgan fingerprint density at radius 3 is 2.74 bits per heavy atom. The zero-order valence-electron chi connectivity index (χ0n) is 15.4. The van der Waals surface area contributed by atoms with E-state index in [1.807, 2.05) is 40.8 Å². The third-order valence-electron chi connectivity index (χ3n) is 5.26. The van der Waals surface area contributed by atoms with E-state index in [2.05, 4.69) is 10.3 Å². The van der Waals surface area contributed by atoms with Gasteiger partial charge in [-0.1, -0.05) is 31.4 Å². The van der Waals surface area contributed by atoms with Crippen molar-refractivity contribution in [2.24, 2.45) is 5.92 Å². The number of benzene rings is 1. The highest BCUT2D eigenvalue weighted by molar-refractivity contribution is 5.94. The molecule has 0 spiro atoms. The van der Waals surface area contributed by atoms with Gasteiger partial charge in [0.15, 0.2) is 0 Å². The first kappa shape index (κ1) is 17.6. The van der Waals surface area contributed by atoms with Gasteiger partial charge in [-0.25, -0.2) is 4.98 Å². The van der Waals surface area contributed by atoms with E-state index in [1.165, 1.54) is 32.1 Å². The molecule has 2 heterocycles. The van der Waals surface area contributed by atoms with Crippen LogP contribution in [0.2, 0.25) is 0 Å². The summed E-state index contributed by atoms with van der Waals surface area (Å²) < 4.78 is 7.77. The van der Waals surface area contributed by atoms with E-state index in [9.17, 15) is 4.79 Å². The fourth-order valence-electron chi connectivity index (χ4n) is 3.61. The largest absolute Gasteiger partial charge is 0.493 e. The van der Waals surface area contributed by atoms with Gasteiger partial charge in [-0.3, -0.25) is 4.79 Å². The molecule has 0 saturated heterocycles. The molecule has 1 fully saturated rings. The van der Waals surface area contributed by atoms with Crippen molar-refractivity contribution >= 4 is 11.4 Å². The predicted molar refractivity (Wildman–Crippen MR) is 105 cm³/mol. The number of imidazole rings is 1. The number of carbonyl (C=O) groups excluding carboxylic acids is 1. The number of ether oxygens (including phenoxy) is 1. The number of nitrogens with one attached hydrogen (secondary N) is 1. The van der Waals surface area contributed by atoms with Gasteiger partial charge in [-0.15, -0.1) is 0 Å². The summed E-state index contributed by atoms with van der Waals surface area (Å²) in [5.74, 6) is 1.51. The molecule has 1 N–H and O–H groups in total. The van der Waals surface area contributed by atoms with E-state index in [0.717, 1.165) is 23.4 Å². The molecular weight excluding hydrogens is 338 g/mol. The first-order valence-corrected chi connectivity index (χ1v) is 9.69. The van der Waals surface area contributed by atoms with Crippen LogP contribution in [0, 0.1) is 5.92 Å². The lowest BCUT2D eigenvalue weighted by Crippen LogP contribution is -2.23. The molecular formula is C22H25N3O2. The van der Waals surface area contributed by atoms with E-state index in [4.69, 9.17) is 4.74 Å². The van der Waals surface area contributed by atoms with E-state index in [0.29, 0.717) is 18.0 Å². The van der Waals surface area contributed by atoms with Crippen LogP contribution in [0.3, 0.4) is 0 Å². The Bertz CT molecular complexity index is 895. The van der Waals surface area contributed by atoms with Crippen molar-refractivity contribution in [3.8, 4) is 5.75 Å². The molecule has 0 atom stereocenters. The fourth-order valence-corrected chi connectivity index (χ4v) is 3.61. The molecule has 1 aliphatic carbocycles. The Balaban J connectivity index is 1.28. The van der Waals surface area contributed by atoms with Crippen LogP contribution in [0.1, 0.15) is 48.0 Å². The van der Waals surface area contributed by atoms with Crippen molar-refractivity contribution in [1.29, 1.82) is 0 Å². The van der Waals surface area contributed by atoms with Gasteiger partial charge in [0.05, 0.1) is 30.2 Å². The fraction of sp³-hybridized carbons (Fsp3) is 0.364. The smallest absolute Gasteiger partial charge is 0.253 e. The minimum atomic E-state index is -0.0942. The highest BCUT2D eigenvalue weighted by Gasteiger charge is 2.14. The summed E-state index contributed by atoms with van der Waals surface area (Å²) in [5.41, 5.74) is 2.64. The van der Waals surface area contributed by atoms with Crippen LogP contribution in [0.4, 0.5) is 0 Å². The van der Waals surface area contributed by atoms with Gasteiger partial charge < -0.3 is 14.5 Å². The van der Waals surface area contributed by atoms with Gasteiger partial charge in [-0.05, 0) is 48.6 Å². The second-order valence-electron chi connectivity index (χ2n) is 7.29. The number of nitrogens with zero attached hydrogens (tertiary/aromatic N) is 2. The van der Waals surface area contributed by atoms with Crippen LogP contribution >= 0.6 is 0 Å². The molecule has 2 aromatic heterocycles. The summed E-state index contributed by atoms with van der Waals surface area (Å²) >= 11 is 0. The number of pyridine rings is 1. The van der Waals surface area contributed by atoms with Crippen molar-refractivity contribution in [3.63, 3.8) is 0 Å². The highest BCUT2D eigenvalue weighted by atomic mass is 16.5. The average Bonchev–Trinajstić information content (AvgIpc) is 3.20. The van der Waals surface area contributed by atoms with Crippen LogP contribution in [0.25, 0.3) is 5.52 Å². The molecule has 27 heavy (non-hydrogen) atoms. The number of hydrogen-bond donors (Lipinski definition) is 1. The maximum absolute atomic E-state index is 12.4. The van der Waals surface area contributed by atoms with Gasteiger partial charge >= 0.3 is 0 Å². The predicted octanol–water partition coefficient (Wildman–Crippen LogP) is 4.22. The number of amides is 1. The summed E-state index contributed by atoms with van der Waals surface area (Å²) in [6, 6.07) is 11.7. The second kappa shape index (κ2) is 8.25. The van der Waals surface area contributed by atoms with Gasteiger partial charge in [-0.2, -0.15) is 0 Å². The maximum atomic E-state index is 12.4. The molecule has 5 nitrogen and oxygen atoms in total. The molecule has 0 bridgehead atoms. The molecule has 1 amide bonds. The summed E-state index contributed by atoms with van der Waals surface area (Å²) in [7, 11) is 0. The molecule has 5 heteroatoms. The molecule has 0 aliphatic heterocycles. The van der Waals surface area contributed by atoms with Crippen molar-refractivity contribution in [2.75, 3.05) is 6.61 Å². The Hall–Kier alpha value is -2.82. The number of aromatic nitrogens is 2. The summed E-state index contributed by atoms with van der Waals surface area (Å²) in [6.45, 7) is 1.30. The first-order valence-electron chi connectivity index (χ1n) is 9.69. The molecule has 0 unspecified atom stereocenters. The summed E-state index contributed by atoms with van der Waals surface area (Å²) in [4.78, 5) is 16.4. The van der Waals surface area contributed by atoms with E-state index in [-0.39, 0.29) is 5.91 Å². The lowest BCUT2D eigenvalue weighted by Gasteiger charge is -2.21. The minimum absolute atomic E-state index is 0.0942. The average molecular weight is 363 g/mol. The maximum Gasteiger partial charge on any atom is 0.253 e. The van der Waals surface area contributed by atoms with Gasteiger partial charge in [0.1, 0.15) is 5.75 Å². The lowest BCUT2D eigenvalue weighted by molar-refractivity contribution is 0.0950. The SMILES string of the molecule is O=C(NCc1ccc(OCC2CCCCC2)cc1)c1ccc2cncn2c1. The standard InChI is InChI=1S/C22H25N3O2/c26-22(19-8-9-20-13-23-16-25(20)14-19)24-12-17-6-10-21(11-7-17)27-15-18-4-2-1-3-5-18/h6-11,13-14,16,18H,1-5,12,15H2,(H,24,26). The Labute approximate surface area is 159 Å². The monoisotopic (exact) mass is 363 g/mol. The number of carbonyl (C=O) groups is 1. The van der Waals surface area contributed by atoms with Crippen LogP contribution in [-0.4, -0.2) is 21.9 Å². The van der Waals surface area contributed by atoms with Crippen LogP contribution in [0.15, 0.2) is 55.1 Å². The summed E-state index contributed by atoms with van der Waals surface area (Å²) in [6.07, 6.45) is 11.9. The zero-order valence-corrected chi connectivity index (χ0v) is 15.4. The van der Waals surface area contributed by atoms with Gasteiger partial charge in [0, 0.05) is 12.7 Å². The molecule has 1 aliphatic rings. The van der Waals surface area contributed by atoms with Crippen molar-refractivity contribution in [3.05, 3.63) is 66.2 Å². The molecule has 140 valence electrons. The molecule has 1 saturated carbocycles. The lowest BCUT2D eigenvalue weighted by atomic mass is 9.90. The first-order chi connectivity index (χ1) is 13.3.